The van der Waals surface area contributed by atoms with Crippen LogP contribution in [-0.2, 0) is 18.3 Å². The number of nitrogens with one attached hydrogen (secondary N) is 1. The normalized spacial score (nSPS) is 14.6. The van der Waals surface area contributed by atoms with Gasteiger partial charge in [-0.2, -0.15) is 0 Å². The molecule has 0 amide bonds. The summed E-state index contributed by atoms with van der Waals surface area (Å²) < 4.78 is 44.6. The molecule has 1 aliphatic rings. The molecule has 1 saturated carbocycles. The molecule has 218 valence electrons. The Bertz CT molecular complexity index is 1600. The van der Waals surface area contributed by atoms with Gasteiger partial charge in [-0.3, -0.25) is 0 Å². The molecule has 3 heterocycles. The minimum absolute atomic E-state index is 0.0236. The van der Waals surface area contributed by atoms with E-state index in [0.29, 0.717) is 45.4 Å². The van der Waals surface area contributed by atoms with Gasteiger partial charge in [0.2, 0.25) is 0 Å². The number of carbonyl (C=O) groups excluding carboxylic acids is 1. The van der Waals surface area contributed by atoms with Crippen LogP contribution in [0.5, 0.6) is 5.75 Å². The van der Waals surface area contributed by atoms with Crippen molar-refractivity contribution in [3.05, 3.63) is 54.2 Å². The summed E-state index contributed by atoms with van der Waals surface area (Å²) in [5.41, 5.74) is 3.14. The lowest BCUT2D eigenvalue weighted by Gasteiger charge is -2.19. The third kappa shape index (κ3) is 5.98. The van der Waals surface area contributed by atoms with Gasteiger partial charge in [0.05, 0.1) is 42.2 Å². The van der Waals surface area contributed by atoms with Gasteiger partial charge in [0.1, 0.15) is 16.9 Å². The second-order valence-electron chi connectivity index (χ2n) is 11.2. The van der Waals surface area contributed by atoms with E-state index in [2.05, 4.69) is 11.9 Å². The van der Waals surface area contributed by atoms with E-state index in [1.54, 1.807) is 37.6 Å². The molecule has 1 fully saturated rings. The molecule has 4 aromatic rings. The molecule has 1 atom stereocenters. The maximum absolute atomic E-state index is 15.1. The van der Waals surface area contributed by atoms with Crippen LogP contribution in [0.2, 0.25) is 0 Å². The highest BCUT2D eigenvalue weighted by Gasteiger charge is 2.32. The lowest BCUT2D eigenvalue weighted by Crippen LogP contribution is -2.24. The Hall–Kier alpha value is -3.79. The summed E-state index contributed by atoms with van der Waals surface area (Å²) in [6, 6.07) is 8.91. The second-order valence-corrected chi connectivity index (χ2v) is 11.2. The van der Waals surface area contributed by atoms with E-state index in [4.69, 9.17) is 19.4 Å². The first-order chi connectivity index (χ1) is 19.5. The Morgan fingerprint density at radius 1 is 1.22 bits per heavy atom. The fourth-order valence-corrected chi connectivity index (χ4v) is 5.10. The quantitative estimate of drug-likeness (QED) is 0.157. The molecular formula is C31H37F2N5O3. The molecular weight excluding hydrogens is 528 g/mol. The van der Waals surface area contributed by atoms with Crippen LogP contribution in [-0.4, -0.2) is 50.8 Å². The molecule has 0 bridgehead atoms. The molecule has 0 spiro atoms. The van der Waals surface area contributed by atoms with E-state index < -0.39 is 24.9 Å². The van der Waals surface area contributed by atoms with Crippen molar-refractivity contribution in [1.82, 2.24) is 24.4 Å². The molecule has 0 unspecified atom stereocenters. The van der Waals surface area contributed by atoms with Gasteiger partial charge >= 0.3 is 5.97 Å². The number of aromatic nitrogens is 4. The third-order valence-electron chi connectivity index (χ3n) is 7.41. The number of nitrogens with zero attached hydrogens (tertiary/aromatic N) is 4. The maximum Gasteiger partial charge on any atom is 0.338 e. The van der Waals surface area contributed by atoms with Crippen LogP contribution < -0.4 is 10.1 Å². The van der Waals surface area contributed by atoms with Crippen LogP contribution >= 0.6 is 0 Å². The predicted octanol–water partition coefficient (Wildman–Crippen LogP) is 6.44. The number of allylic oxidation sites excluding steroid dienone is 1. The van der Waals surface area contributed by atoms with E-state index in [1.807, 2.05) is 25.1 Å². The van der Waals surface area contributed by atoms with Crippen molar-refractivity contribution >= 4 is 28.0 Å². The average molecular weight is 566 g/mol. The SMILES string of the molecule is C=CCC(F)(F)Cn1c(-c2nc3cc(C(=O)OC(C)C)cc(OC)c3n2C)cc2ccc([C@@H](C)NCC3CC3)nc21. The number of esters is 1. The molecule has 0 aliphatic heterocycles. The summed E-state index contributed by atoms with van der Waals surface area (Å²) in [6.45, 7) is 9.43. The van der Waals surface area contributed by atoms with Gasteiger partial charge in [0.25, 0.3) is 5.92 Å². The van der Waals surface area contributed by atoms with Crippen molar-refractivity contribution in [3.8, 4) is 17.3 Å². The van der Waals surface area contributed by atoms with Gasteiger partial charge in [-0.25, -0.2) is 23.5 Å². The lowest BCUT2D eigenvalue weighted by molar-refractivity contribution is -0.0117. The number of benzene rings is 1. The number of pyridine rings is 1. The molecule has 0 saturated heterocycles. The largest absolute Gasteiger partial charge is 0.494 e. The van der Waals surface area contributed by atoms with Crippen molar-refractivity contribution < 1.29 is 23.0 Å². The van der Waals surface area contributed by atoms with Gasteiger partial charge in [0, 0.05) is 24.9 Å². The number of hydrogen-bond acceptors (Lipinski definition) is 6. The molecule has 41 heavy (non-hydrogen) atoms. The summed E-state index contributed by atoms with van der Waals surface area (Å²) >= 11 is 0. The predicted molar refractivity (Wildman–Crippen MR) is 155 cm³/mol. The van der Waals surface area contributed by atoms with Crippen LogP contribution in [0.25, 0.3) is 33.6 Å². The lowest BCUT2D eigenvalue weighted by atomic mass is 10.2. The first kappa shape index (κ1) is 28.7. The minimum Gasteiger partial charge on any atom is -0.494 e. The van der Waals surface area contributed by atoms with Gasteiger partial charge in [-0.1, -0.05) is 6.08 Å². The van der Waals surface area contributed by atoms with E-state index in [1.165, 1.54) is 30.6 Å². The first-order valence-corrected chi connectivity index (χ1v) is 14.0. The summed E-state index contributed by atoms with van der Waals surface area (Å²) in [4.78, 5) is 22.3. The molecule has 5 rings (SSSR count). The van der Waals surface area contributed by atoms with E-state index in [9.17, 15) is 4.79 Å². The Balaban J connectivity index is 1.65. The molecule has 0 radical (unpaired) electrons. The fourth-order valence-electron chi connectivity index (χ4n) is 5.10. The maximum atomic E-state index is 15.1. The number of rotatable bonds is 12. The zero-order chi connectivity index (χ0) is 29.5. The van der Waals surface area contributed by atoms with Crippen molar-refractivity contribution in [3.63, 3.8) is 0 Å². The Kier molecular flexibility index (Phi) is 7.87. The first-order valence-electron chi connectivity index (χ1n) is 14.0. The van der Waals surface area contributed by atoms with Crippen molar-refractivity contribution in [1.29, 1.82) is 0 Å². The smallest absolute Gasteiger partial charge is 0.338 e. The van der Waals surface area contributed by atoms with Gasteiger partial charge in [0.15, 0.2) is 5.82 Å². The average Bonchev–Trinajstić information content (AvgIpc) is 3.61. The van der Waals surface area contributed by atoms with Crippen LogP contribution in [0.3, 0.4) is 0 Å². The van der Waals surface area contributed by atoms with E-state index in [0.717, 1.165) is 17.6 Å². The van der Waals surface area contributed by atoms with Gasteiger partial charge in [-0.15, -0.1) is 6.58 Å². The zero-order valence-corrected chi connectivity index (χ0v) is 24.2. The molecule has 1 N–H and O–H groups in total. The number of alkyl halides is 2. The Labute approximate surface area is 238 Å². The summed E-state index contributed by atoms with van der Waals surface area (Å²) in [6.07, 6.45) is 2.94. The van der Waals surface area contributed by atoms with Crippen LogP contribution in [0, 0.1) is 5.92 Å². The fraction of sp³-hybridized carbons (Fsp3) is 0.452. The zero-order valence-electron chi connectivity index (χ0n) is 24.2. The van der Waals surface area contributed by atoms with Crippen LogP contribution in [0.1, 0.15) is 62.1 Å². The van der Waals surface area contributed by atoms with Crippen molar-refractivity contribution in [2.75, 3.05) is 13.7 Å². The van der Waals surface area contributed by atoms with E-state index >= 15 is 8.78 Å². The van der Waals surface area contributed by atoms with Crippen LogP contribution in [0.4, 0.5) is 8.78 Å². The number of imidazole rings is 1. The summed E-state index contributed by atoms with van der Waals surface area (Å²) in [5, 5.41) is 4.25. The highest BCUT2D eigenvalue weighted by molar-refractivity contribution is 5.97. The molecule has 1 aromatic carbocycles. The molecule has 8 nitrogen and oxygen atoms in total. The number of aryl methyl sites for hydroxylation is 1. The molecule has 3 aromatic heterocycles. The highest BCUT2D eigenvalue weighted by atomic mass is 19.3. The summed E-state index contributed by atoms with van der Waals surface area (Å²) in [5.74, 6) is -1.97. The Morgan fingerprint density at radius 2 is 1.98 bits per heavy atom. The molecule has 1 aliphatic carbocycles. The minimum atomic E-state index is -3.05. The highest BCUT2D eigenvalue weighted by Crippen LogP contribution is 2.36. The summed E-state index contributed by atoms with van der Waals surface area (Å²) in [7, 11) is 3.31. The van der Waals surface area contributed by atoms with E-state index in [-0.39, 0.29) is 12.1 Å². The second kappa shape index (κ2) is 11.2. The van der Waals surface area contributed by atoms with Gasteiger partial charge < -0.3 is 23.9 Å². The van der Waals surface area contributed by atoms with Crippen LogP contribution in [0.15, 0.2) is 43.0 Å². The number of ether oxygens (including phenoxy) is 2. The number of halogens is 2. The van der Waals surface area contributed by atoms with Crippen molar-refractivity contribution in [2.45, 2.75) is 64.6 Å². The number of hydrogen-bond donors (Lipinski definition) is 1. The monoisotopic (exact) mass is 565 g/mol. The van der Waals surface area contributed by atoms with Crippen molar-refractivity contribution in [2.24, 2.45) is 13.0 Å². The standard InChI is InChI=1S/C31H37F2N5O3/c1-7-12-31(32,33)17-38-25(14-21-10-11-23(35-28(21)38)19(4)34-16-20-8-9-20)29-36-24-13-22(30(39)41-18(2)3)15-26(40-6)27(24)37(29)5/h7,10-11,13-15,18-20,34H,1,8-9,12,16-17H2,2-6H3/t19-/m1/s1. The number of fused-ring (bicyclic) bond motifs is 2. The number of methoxy groups -OCH3 is 1. The van der Waals surface area contributed by atoms with Gasteiger partial charge in [-0.05, 0) is 76.4 Å². The molecule has 10 heteroatoms. The topological polar surface area (TPSA) is 83.2 Å². The third-order valence-corrected chi connectivity index (χ3v) is 7.41. The Morgan fingerprint density at radius 3 is 2.63 bits per heavy atom. The number of carbonyl (C=O) groups is 1.